The van der Waals surface area contributed by atoms with Crippen LogP contribution in [0.1, 0.15) is 19.8 Å². The molecule has 1 fully saturated rings. The van der Waals surface area contributed by atoms with Crippen molar-refractivity contribution in [2.75, 3.05) is 7.11 Å². The van der Waals surface area contributed by atoms with E-state index in [4.69, 9.17) is 5.73 Å². The Balaban J connectivity index is 2.50. The third-order valence-corrected chi connectivity index (χ3v) is 2.21. The SMILES string of the molecule is CCC1CC1(N)C(=O)OC. The van der Waals surface area contributed by atoms with Gasteiger partial charge in [0.05, 0.1) is 7.11 Å². The normalized spacial score (nSPS) is 37.3. The highest BCUT2D eigenvalue weighted by Gasteiger charge is 2.56. The smallest absolute Gasteiger partial charge is 0.326 e. The summed E-state index contributed by atoms with van der Waals surface area (Å²) in [5, 5.41) is 0. The summed E-state index contributed by atoms with van der Waals surface area (Å²) in [7, 11) is 1.38. The molecule has 3 nitrogen and oxygen atoms in total. The Hall–Kier alpha value is -0.570. The Morgan fingerprint density at radius 3 is 2.80 bits per heavy atom. The van der Waals surface area contributed by atoms with E-state index in [2.05, 4.69) is 4.74 Å². The van der Waals surface area contributed by atoms with Gasteiger partial charge in [-0.25, -0.2) is 0 Å². The Morgan fingerprint density at radius 1 is 1.90 bits per heavy atom. The maximum absolute atomic E-state index is 10.9. The van der Waals surface area contributed by atoms with Crippen LogP contribution in [0.4, 0.5) is 0 Å². The van der Waals surface area contributed by atoms with E-state index < -0.39 is 5.54 Å². The molecule has 0 saturated heterocycles. The van der Waals surface area contributed by atoms with Gasteiger partial charge in [-0.2, -0.15) is 0 Å². The van der Waals surface area contributed by atoms with E-state index in [0.29, 0.717) is 5.92 Å². The fourth-order valence-electron chi connectivity index (χ4n) is 1.30. The van der Waals surface area contributed by atoms with E-state index >= 15 is 0 Å². The summed E-state index contributed by atoms with van der Waals surface area (Å²) in [6.45, 7) is 2.03. The highest BCUT2D eigenvalue weighted by atomic mass is 16.5. The first-order chi connectivity index (χ1) is 4.65. The predicted octanol–water partition coefficient (Wildman–Crippen LogP) is 0.287. The predicted molar refractivity (Wildman–Crippen MR) is 37.3 cm³/mol. The van der Waals surface area contributed by atoms with Crippen molar-refractivity contribution in [2.24, 2.45) is 11.7 Å². The van der Waals surface area contributed by atoms with Crippen LogP contribution in [0.3, 0.4) is 0 Å². The van der Waals surface area contributed by atoms with E-state index in [1.165, 1.54) is 7.11 Å². The van der Waals surface area contributed by atoms with Crippen LogP contribution in [-0.4, -0.2) is 18.6 Å². The molecule has 0 aromatic carbocycles. The number of hydrogen-bond acceptors (Lipinski definition) is 3. The van der Waals surface area contributed by atoms with E-state index in [1.54, 1.807) is 0 Å². The van der Waals surface area contributed by atoms with Crippen LogP contribution in [0, 0.1) is 5.92 Å². The molecule has 2 N–H and O–H groups in total. The molecule has 0 spiro atoms. The number of esters is 1. The van der Waals surface area contributed by atoms with E-state index in [-0.39, 0.29) is 5.97 Å². The van der Waals surface area contributed by atoms with Gasteiger partial charge in [0, 0.05) is 0 Å². The summed E-state index contributed by atoms with van der Waals surface area (Å²) in [6.07, 6.45) is 1.75. The molecule has 1 rings (SSSR count). The van der Waals surface area contributed by atoms with Gasteiger partial charge >= 0.3 is 5.97 Å². The fraction of sp³-hybridized carbons (Fsp3) is 0.857. The molecule has 1 saturated carbocycles. The first-order valence-electron chi connectivity index (χ1n) is 3.52. The zero-order chi connectivity index (χ0) is 7.78. The van der Waals surface area contributed by atoms with Crippen LogP contribution in [0.5, 0.6) is 0 Å². The molecule has 1 aliphatic rings. The van der Waals surface area contributed by atoms with Crippen LogP contribution in [0.2, 0.25) is 0 Å². The molecule has 0 radical (unpaired) electrons. The van der Waals surface area contributed by atoms with Crippen molar-refractivity contribution in [3.63, 3.8) is 0 Å². The molecule has 0 aromatic rings. The van der Waals surface area contributed by atoms with Gasteiger partial charge < -0.3 is 10.5 Å². The first kappa shape index (κ1) is 7.54. The maximum atomic E-state index is 10.9. The summed E-state index contributed by atoms with van der Waals surface area (Å²) in [6, 6.07) is 0. The van der Waals surface area contributed by atoms with Crippen LogP contribution in [0.25, 0.3) is 0 Å². The lowest BCUT2D eigenvalue weighted by molar-refractivity contribution is -0.143. The highest BCUT2D eigenvalue weighted by molar-refractivity contribution is 5.84. The largest absolute Gasteiger partial charge is 0.468 e. The quantitative estimate of drug-likeness (QED) is 0.565. The molecule has 0 bridgehead atoms. The molecule has 58 valence electrons. The van der Waals surface area contributed by atoms with Gasteiger partial charge in [0.2, 0.25) is 0 Å². The summed E-state index contributed by atoms with van der Waals surface area (Å²) >= 11 is 0. The van der Waals surface area contributed by atoms with Crippen molar-refractivity contribution in [2.45, 2.75) is 25.3 Å². The molecular formula is C7H13NO2. The number of carbonyl (C=O) groups excluding carboxylic acids is 1. The second-order valence-electron chi connectivity index (χ2n) is 2.84. The minimum absolute atomic E-state index is 0.264. The van der Waals surface area contributed by atoms with Crippen molar-refractivity contribution in [1.82, 2.24) is 0 Å². The van der Waals surface area contributed by atoms with Gasteiger partial charge in [-0.05, 0) is 12.3 Å². The zero-order valence-corrected chi connectivity index (χ0v) is 6.39. The zero-order valence-electron chi connectivity index (χ0n) is 6.39. The van der Waals surface area contributed by atoms with E-state index in [9.17, 15) is 4.79 Å². The van der Waals surface area contributed by atoms with Crippen LogP contribution < -0.4 is 5.73 Å². The number of nitrogens with two attached hydrogens (primary N) is 1. The third kappa shape index (κ3) is 0.904. The van der Waals surface area contributed by atoms with E-state index in [0.717, 1.165) is 12.8 Å². The minimum Gasteiger partial charge on any atom is -0.468 e. The van der Waals surface area contributed by atoms with Crippen molar-refractivity contribution in [1.29, 1.82) is 0 Å². The number of methoxy groups -OCH3 is 1. The molecule has 2 atom stereocenters. The van der Waals surface area contributed by atoms with Crippen molar-refractivity contribution >= 4 is 5.97 Å². The number of rotatable bonds is 2. The maximum Gasteiger partial charge on any atom is 0.326 e. The summed E-state index contributed by atoms with van der Waals surface area (Å²) in [5.41, 5.74) is 5.05. The standard InChI is InChI=1S/C7H13NO2/c1-3-5-4-7(5,8)6(9)10-2/h5H,3-4,8H2,1-2H3. The number of hydrogen-bond donors (Lipinski definition) is 1. The Bertz CT molecular complexity index is 158. The average molecular weight is 143 g/mol. The Labute approximate surface area is 60.5 Å². The minimum atomic E-state index is -0.635. The summed E-state index contributed by atoms with van der Waals surface area (Å²) in [4.78, 5) is 10.9. The second kappa shape index (κ2) is 2.23. The second-order valence-corrected chi connectivity index (χ2v) is 2.84. The Kier molecular flexibility index (Phi) is 1.68. The van der Waals surface area contributed by atoms with Gasteiger partial charge in [0.1, 0.15) is 5.54 Å². The molecule has 3 heteroatoms. The summed E-state index contributed by atoms with van der Waals surface area (Å²) < 4.78 is 4.55. The summed E-state index contributed by atoms with van der Waals surface area (Å²) in [5.74, 6) is 0.0827. The van der Waals surface area contributed by atoms with Crippen molar-refractivity contribution in [3.8, 4) is 0 Å². The van der Waals surface area contributed by atoms with E-state index in [1.807, 2.05) is 6.92 Å². The van der Waals surface area contributed by atoms with Gasteiger partial charge in [-0.3, -0.25) is 4.79 Å². The number of ether oxygens (including phenoxy) is 1. The Morgan fingerprint density at radius 2 is 2.50 bits per heavy atom. The highest BCUT2D eigenvalue weighted by Crippen LogP contribution is 2.43. The van der Waals surface area contributed by atoms with Crippen molar-refractivity contribution < 1.29 is 9.53 Å². The van der Waals surface area contributed by atoms with Gasteiger partial charge in [0.25, 0.3) is 0 Å². The lowest BCUT2D eigenvalue weighted by Crippen LogP contribution is -2.36. The molecular weight excluding hydrogens is 130 g/mol. The van der Waals surface area contributed by atoms with Crippen LogP contribution in [0.15, 0.2) is 0 Å². The average Bonchev–Trinajstić information content (AvgIpc) is 2.61. The third-order valence-electron chi connectivity index (χ3n) is 2.21. The monoisotopic (exact) mass is 143 g/mol. The topological polar surface area (TPSA) is 52.3 Å². The molecule has 0 aliphatic heterocycles. The number of carbonyl (C=O) groups is 1. The molecule has 1 aliphatic carbocycles. The first-order valence-corrected chi connectivity index (χ1v) is 3.52. The molecule has 2 unspecified atom stereocenters. The molecule has 0 aromatic heterocycles. The fourth-order valence-corrected chi connectivity index (χ4v) is 1.30. The van der Waals surface area contributed by atoms with Gasteiger partial charge in [-0.15, -0.1) is 0 Å². The van der Waals surface area contributed by atoms with Gasteiger partial charge in [-0.1, -0.05) is 13.3 Å². The molecule has 0 heterocycles. The van der Waals surface area contributed by atoms with Gasteiger partial charge in [0.15, 0.2) is 0 Å². The van der Waals surface area contributed by atoms with Crippen LogP contribution in [-0.2, 0) is 9.53 Å². The molecule has 0 amide bonds. The lowest BCUT2D eigenvalue weighted by Gasteiger charge is -2.06. The molecule has 10 heavy (non-hydrogen) atoms. The van der Waals surface area contributed by atoms with Crippen LogP contribution >= 0.6 is 0 Å². The van der Waals surface area contributed by atoms with Crippen molar-refractivity contribution in [3.05, 3.63) is 0 Å². The lowest BCUT2D eigenvalue weighted by atomic mass is 10.2.